The zero-order valence-corrected chi connectivity index (χ0v) is 45.1. The van der Waals surface area contributed by atoms with Crippen molar-refractivity contribution in [3.63, 3.8) is 0 Å². The molecule has 40 heteroatoms. The van der Waals surface area contributed by atoms with Gasteiger partial charge in [0.2, 0.25) is 17.7 Å². The highest BCUT2D eigenvalue weighted by atomic mass is 35.5. The highest BCUT2D eigenvalue weighted by molar-refractivity contribution is 7.90. The Bertz CT molecular complexity index is 3310. The molecule has 28 nitrogen and oxygen atoms in total. The van der Waals surface area contributed by atoms with Crippen LogP contribution in [-0.4, -0.2) is 131 Å². The van der Waals surface area contributed by atoms with E-state index in [9.17, 15) is 82.6 Å². The van der Waals surface area contributed by atoms with Gasteiger partial charge in [-0.25, -0.2) is 37.1 Å². The number of methoxy groups -OCH3 is 1. The van der Waals surface area contributed by atoms with E-state index in [1.54, 1.807) is 5.32 Å². The number of nitrogens with one attached hydrogen (secondary N) is 3. The summed E-state index contributed by atoms with van der Waals surface area (Å²) in [5.41, 5.74) is -2.92. The first kappa shape index (κ1) is 70.7. The number of benzene rings is 4. The lowest BCUT2D eigenvalue weighted by molar-refractivity contribution is -0.385. The van der Waals surface area contributed by atoms with E-state index in [0.717, 1.165) is 42.5 Å². The number of aliphatic carboxylic acids is 1. The van der Waals surface area contributed by atoms with Gasteiger partial charge in [-0.3, -0.25) is 30.1 Å². The summed E-state index contributed by atoms with van der Waals surface area (Å²) in [5, 5.41) is 40.7. The molecule has 83 heavy (non-hydrogen) atoms. The molecule has 0 aliphatic rings. The third-order valence-corrected chi connectivity index (χ3v) is 11.5. The van der Waals surface area contributed by atoms with E-state index in [0.29, 0.717) is 12.1 Å². The second-order valence-corrected chi connectivity index (χ2v) is 19.0. The van der Waals surface area contributed by atoms with E-state index < -0.39 is 142 Å². The van der Waals surface area contributed by atoms with Gasteiger partial charge in [0.15, 0.2) is 12.4 Å². The van der Waals surface area contributed by atoms with Gasteiger partial charge in [0.05, 0.1) is 63.7 Å². The molecule has 0 aliphatic carbocycles. The molecule has 1 heterocycles. The van der Waals surface area contributed by atoms with E-state index in [1.165, 1.54) is 43.0 Å². The van der Waals surface area contributed by atoms with Gasteiger partial charge in [0.25, 0.3) is 15.7 Å². The lowest BCUT2D eigenvalue weighted by Crippen LogP contribution is -2.35. The number of halogens is 10. The average molecular weight is 1290 g/mol. The number of nitro groups is 1. The van der Waals surface area contributed by atoms with E-state index in [1.807, 2.05) is 0 Å². The number of carboxylic acid groups (broad SMARTS) is 3. The lowest BCUT2D eigenvalue weighted by atomic mass is 10.1. The second kappa shape index (κ2) is 32.3. The smallest absolute Gasteiger partial charge is 0.416 e. The minimum absolute atomic E-state index is 0.0493. The summed E-state index contributed by atoms with van der Waals surface area (Å²) in [6, 6.07) is 11.5. The number of aromatic nitrogens is 2. The Kier molecular flexibility index (Phi) is 27.5. The van der Waals surface area contributed by atoms with Crippen LogP contribution < -0.4 is 34.3 Å². The largest absolute Gasteiger partial charge is 0.494 e. The third kappa shape index (κ3) is 24.7. The molecular weight excluding hydrogens is 1250 g/mol. The predicted molar refractivity (Wildman–Crippen MR) is 267 cm³/mol. The molecule has 0 atom stereocenters. The maximum absolute atomic E-state index is 12.7. The number of carboxylic acids is 3. The van der Waals surface area contributed by atoms with Gasteiger partial charge in [-0.1, -0.05) is 46.9 Å². The van der Waals surface area contributed by atoms with Crippen LogP contribution in [0.4, 0.5) is 47.2 Å². The number of rotatable bonds is 21. The summed E-state index contributed by atoms with van der Waals surface area (Å²) < 4.78 is 151. The Morgan fingerprint density at radius 1 is 0.795 bits per heavy atom. The summed E-state index contributed by atoms with van der Waals surface area (Å²) in [4.78, 5) is 99.5. The van der Waals surface area contributed by atoms with Crippen LogP contribution in [-0.2, 0) is 39.8 Å². The standard InChI is InChI=1S/C18H13ClF3NO7.C14H10F4N4O7S.C8H6Cl2O3.C3H8NO5P/c1-2-28-16(24)9-29-17(25)12-8-11(4-5-14(12)23(26)27)30-15-6-3-10(7-13(15)19)18(20,21)22;15-11(16)28-8-5-9(29-12(17)18)20-13(19-8)21-14(25)22-30(26,27)7-4-2-1-3-6(7)10(23)24;1-13-7-5(10)3-2-4(9)6(7)8(11)12;5-3(6)1-4-2-10(7,8)9/h3-8H,2,9H2,1H3;1-5,11-12H,(H,23,24)(H2,19,20,21,22,25);2-3H,1H3,(H,11,12);4H,1-2H2,(H,5,6)(H2,7,8,9). The molecule has 0 fully saturated rings. The molecule has 4 aromatic carbocycles. The molecule has 0 radical (unpaired) electrons. The first-order valence-corrected chi connectivity index (χ1v) is 25.7. The van der Waals surface area contributed by atoms with E-state index in [4.69, 9.17) is 74.1 Å². The maximum atomic E-state index is 12.7. The van der Waals surface area contributed by atoms with Gasteiger partial charge >= 0.3 is 62.9 Å². The minimum Gasteiger partial charge on any atom is -0.494 e. The third-order valence-electron chi connectivity index (χ3n) is 8.53. The van der Waals surface area contributed by atoms with Crippen LogP contribution in [0.3, 0.4) is 0 Å². The summed E-state index contributed by atoms with van der Waals surface area (Å²) in [7, 11) is -7.47. The van der Waals surface area contributed by atoms with Crippen LogP contribution in [0.5, 0.6) is 29.0 Å². The maximum Gasteiger partial charge on any atom is 0.416 e. The molecule has 2 amide bonds. The number of hydrogen-bond acceptors (Lipinski definition) is 20. The monoisotopic (exact) mass is 1290 g/mol. The van der Waals surface area contributed by atoms with Gasteiger partial charge in [-0.2, -0.15) is 40.7 Å². The van der Waals surface area contributed by atoms with Gasteiger partial charge in [-0.05, 0) is 55.5 Å². The van der Waals surface area contributed by atoms with E-state index >= 15 is 0 Å². The van der Waals surface area contributed by atoms with Crippen LogP contribution >= 0.6 is 42.4 Å². The quantitative estimate of drug-likeness (QED) is 0.0113. The van der Waals surface area contributed by atoms with Gasteiger partial charge in [-0.15, -0.1) is 0 Å². The Balaban J connectivity index is 0.000000414. The van der Waals surface area contributed by atoms with Crippen LogP contribution in [0, 0.1) is 10.1 Å². The summed E-state index contributed by atoms with van der Waals surface area (Å²) in [5.74, 6) is -9.03. The molecule has 1 aromatic heterocycles. The van der Waals surface area contributed by atoms with Crippen molar-refractivity contribution in [2.24, 2.45) is 0 Å². The number of carbonyl (C=O) groups is 6. The number of carbonyl (C=O) groups excluding carboxylic acids is 3. The Morgan fingerprint density at radius 2 is 1.39 bits per heavy atom. The minimum atomic E-state index is -4.71. The van der Waals surface area contributed by atoms with Crippen LogP contribution in [0.15, 0.2) is 83.8 Å². The van der Waals surface area contributed by atoms with Crippen molar-refractivity contribution >= 4 is 99.9 Å². The van der Waals surface area contributed by atoms with Crippen molar-refractivity contribution in [3.05, 3.63) is 126 Å². The zero-order valence-electron chi connectivity index (χ0n) is 41.1. The van der Waals surface area contributed by atoms with Crippen molar-refractivity contribution in [1.29, 1.82) is 0 Å². The highest BCUT2D eigenvalue weighted by Gasteiger charge is 2.32. The molecule has 0 saturated heterocycles. The van der Waals surface area contributed by atoms with Gasteiger partial charge in [0, 0.05) is 12.1 Å². The number of urea groups is 1. The van der Waals surface area contributed by atoms with Crippen molar-refractivity contribution in [3.8, 4) is 29.0 Å². The molecular formula is C43H37Cl3F7N6O22PS. The molecule has 0 spiro atoms. The molecule has 0 aliphatic heterocycles. The summed E-state index contributed by atoms with van der Waals surface area (Å²) in [6.07, 6.45) is -5.20. The SMILES string of the molecule is CCOC(=O)COC(=O)c1cc(Oc2ccc(C(F)(F)F)cc2Cl)ccc1[N+](=O)[O-].COc1c(Cl)ccc(Cl)c1C(=O)O.O=C(Nc1nc(OC(F)F)cc(OC(F)F)n1)NS(=O)(=O)c1ccccc1C(=O)O.O=C(O)CNCP(=O)(O)O. The number of aromatic carboxylic acids is 2. The number of hydrogen-bond donors (Lipinski definition) is 8. The zero-order chi connectivity index (χ0) is 63.2. The number of anilines is 1. The van der Waals surface area contributed by atoms with Crippen molar-refractivity contribution in [1.82, 2.24) is 20.0 Å². The fraction of sp³-hybridized carbons (Fsp3) is 0.209. The number of sulfonamides is 1. The number of esters is 2. The fourth-order valence-corrected chi connectivity index (χ4v) is 7.57. The molecule has 5 aromatic rings. The predicted octanol–water partition coefficient (Wildman–Crippen LogP) is 8.16. The molecule has 452 valence electrons. The summed E-state index contributed by atoms with van der Waals surface area (Å²) >= 11 is 17.2. The van der Waals surface area contributed by atoms with Gasteiger partial charge < -0.3 is 53.5 Å². The molecule has 8 N–H and O–H groups in total. The number of ether oxygens (including phenoxy) is 6. The number of nitro benzene ring substituents is 1. The Labute approximate surface area is 474 Å². The molecule has 0 saturated carbocycles. The highest BCUT2D eigenvalue weighted by Crippen LogP contribution is 2.38. The van der Waals surface area contributed by atoms with Gasteiger partial charge in [0.1, 0.15) is 27.5 Å². The Morgan fingerprint density at radius 3 is 1.87 bits per heavy atom. The van der Waals surface area contributed by atoms with Crippen molar-refractivity contribution in [2.75, 3.05) is 38.5 Å². The number of alkyl halides is 7. The molecule has 0 bridgehead atoms. The van der Waals surface area contributed by atoms with E-state index in [2.05, 4.69) is 29.5 Å². The van der Waals surface area contributed by atoms with Crippen molar-refractivity contribution in [2.45, 2.75) is 31.2 Å². The second-order valence-electron chi connectivity index (χ2n) is 14.4. The number of amides is 2. The topological polar surface area (TPSA) is 415 Å². The van der Waals surface area contributed by atoms with Crippen LogP contribution in [0.25, 0.3) is 0 Å². The number of nitrogens with zero attached hydrogens (tertiary/aromatic N) is 3. The first-order valence-electron chi connectivity index (χ1n) is 21.3. The molecule has 0 unspecified atom stereocenters. The first-order chi connectivity index (χ1) is 38.5. The lowest BCUT2D eigenvalue weighted by Gasteiger charge is -2.12. The average Bonchev–Trinajstić information content (AvgIpc) is 3.57. The van der Waals surface area contributed by atoms with Crippen LogP contribution in [0.2, 0.25) is 15.1 Å². The normalized spacial score (nSPS) is 10.9. The van der Waals surface area contributed by atoms with E-state index in [-0.39, 0.29) is 44.5 Å². The van der Waals surface area contributed by atoms with Crippen LogP contribution in [0.1, 0.15) is 43.6 Å². The Hall–Kier alpha value is -8.38. The summed E-state index contributed by atoms with van der Waals surface area (Å²) in [6.45, 7) is -6.43. The fourth-order valence-electron chi connectivity index (χ4n) is 5.38. The van der Waals surface area contributed by atoms with Crippen molar-refractivity contribution < 1.29 is 131 Å². The molecule has 5 rings (SSSR count).